The molecule has 1 aliphatic carbocycles. The molecule has 0 unspecified atom stereocenters. The molecule has 2 heterocycles. The van der Waals surface area contributed by atoms with Gasteiger partial charge in [-0.25, -0.2) is 9.07 Å². The predicted molar refractivity (Wildman–Crippen MR) is 85.8 cm³/mol. The van der Waals surface area contributed by atoms with Crippen LogP contribution in [0.15, 0.2) is 40.7 Å². The molecule has 0 saturated heterocycles. The summed E-state index contributed by atoms with van der Waals surface area (Å²) in [7, 11) is 0. The quantitative estimate of drug-likeness (QED) is 0.857. The first kappa shape index (κ1) is 14.4. The predicted octanol–water partition coefficient (Wildman–Crippen LogP) is 3.16. The van der Waals surface area contributed by atoms with Crippen molar-refractivity contribution >= 4 is 23.5 Å². The molecule has 1 aromatic heterocycles. The first-order valence-electron chi connectivity index (χ1n) is 7.46. The third-order valence-electron chi connectivity index (χ3n) is 4.20. The molecule has 7 heteroatoms. The highest BCUT2D eigenvalue weighted by Gasteiger charge is 2.36. The van der Waals surface area contributed by atoms with E-state index in [1.807, 2.05) is 12.3 Å². The van der Waals surface area contributed by atoms with Gasteiger partial charge in [0.05, 0.1) is 0 Å². The van der Waals surface area contributed by atoms with Crippen LogP contribution in [0.4, 0.5) is 10.3 Å². The molecule has 23 heavy (non-hydrogen) atoms. The number of thioether (sulfide) groups is 1. The van der Waals surface area contributed by atoms with Crippen LogP contribution >= 0.6 is 11.8 Å². The maximum atomic E-state index is 13.7. The van der Waals surface area contributed by atoms with Gasteiger partial charge in [0.25, 0.3) is 0 Å². The Morgan fingerprint density at radius 2 is 2.26 bits per heavy atom. The summed E-state index contributed by atoms with van der Waals surface area (Å²) < 4.78 is 15.4. The van der Waals surface area contributed by atoms with E-state index in [2.05, 4.69) is 15.4 Å². The second-order valence-corrected chi connectivity index (χ2v) is 6.39. The van der Waals surface area contributed by atoms with Crippen LogP contribution in [0.1, 0.15) is 30.9 Å². The number of rotatable bonds is 2. The standard InChI is InChI=1S/C16H15FN4OS/c1-23-16-19-15-18-11-6-3-7-12(22)13(11)14(21(15)20-16)9-4-2-5-10(17)8-9/h2,4-5,8,14H,3,6-7H2,1H3,(H,18,19,20)/t14-/m0/s1. The Morgan fingerprint density at radius 3 is 3.04 bits per heavy atom. The lowest BCUT2D eigenvalue weighted by Gasteiger charge is -2.32. The van der Waals surface area contributed by atoms with Crippen LogP contribution in [0, 0.1) is 5.82 Å². The minimum Gasteiger partial charge on any atom is -0.328 e. The van der Waals surface area contributed by atoms with Crippen LogP contribution in [0.2, 0.25) is 0 Å². The van der Waals surface area contributed by atoms with E-state index in [9.17, 15) is 9.18 Å². The van der Waals surface area contributed by atoms with Gasteiger partial charge in [-0.05, 0) is 36.8 Å². The van der Waals surface area contributed by atoms with Crippen LogP contribution in [-0.4, -0.2) is 26.8 Å². The third kappa shape index (κ3) is 2.35. The van der Waals surface area contributed by atoms with E-state index >= 15 is 0 Å². The summed E-state index contributed by atoms with van der Waals surface area (Å²) in [6, 6.07) is 5.94. The minimum absolute atomic E-state index is 0.0971. The zero-order valence-electron chi connectivity index (χ0n) is 12.5. The van der Waals surface area contributed by atoms with Crippen molar-refractivity contribution in [2.45, 2.75) is 30.5 Å². The molecule has 4 rings (SSSR count). The molecular weight excluding hydrogens is 315 g/mol. The van der Waals surface area contributed by atoms with Crippen molar-refractivity contribution in [1.82, 2.24) is 14.8 Å². The number of allylic oxidation sites excluding steroid dienone is 2. The molecular formula is C16H15FN4OS. The van der Waals surface area contributed by atoms with E-state index in [1.54, 1.807) is 10.7 Å². The zero-order chi connectivity index (χ0) is 16.0. The number of hydrogen-bond acceptors (Lipinski definition) is 5. The summed E-state index contributed by atoms with van der Waals surface area (Å²) in [6.07, 6.45) is 4.04. The second-order valence-electron chi connectivity index (χ2n) is 5.62. The Morgan fingerprint density at radius 1 is 1.39 bits per heavy atom. The van der Waals surface area contributed by atoms with Gasteiger partial charge in [-0.3, -0.25) is 4.79 Å². The SMILES string of the molecule is CSc1nc2n(n1)[C@@H](c1cccc(F)c1)C1=C(CCCC1=O)N2. The maximum absolute atomic E-state index is 13.7. The van der Waals surface area contributed by atoms with Gasteiger partial charge < -0.3 is 5.32 Å². The molecule has 0 saturated carbocycles. The molecule has 0 fully saturated rings. The number of carbonyl (C=O) groups is 1. The molecule has 1 atom stereocenters. The summed E-state index contributed by atoms with van der Waals surface area (Å²) in [6.45, 7) is 0. The van der Waals surface area contributed by atoms with E-state index in [1.165, 1.54) is 23.9 Å². The lowest BCUT2D eigenvalue weighted by atomic mass is 9.85. The molecule has 2 aromatic rings. The highest BCUT2D eigenvalue weighted by atomic mass is 32.2. The molecule has 0 amide bonds. The molecule has 5 nitrogen and oxygen atoms in total. The summed E-state index contributed by atoms with van der Waals surface area (Å²) in [5.41, 5.74) is 2.29. The number of nitrogens with one attached hydrogen (secondary N) is 1. The molecule has 2 aliphatic rings. The summed E-state index contributed by atoms with van der Waals surface area (Å²) in [5, 5.41) is 8.34. The van der Waals surface area contributed by atoms with Crippen molar-refractivity contribution in [3.8, 4) is 0 Å². The number of Topliss-reactive ketones (excluding diaryl/α,β-unsaturated/α-hetero) is 1. The summed E-state index contributed by atoms with van der Waals surface area (Å²) in [4.78, 5) is 17.0. The highest BCUT2D eigenvalue weighted by molar-refractivity contribution is 7.98. The summed E-state index contributed by atoms with van der Waals surface area (Å²) in [5.74, 6) is 0.384. The van der Waals surface area contributed by atoms with E-state index in [4.69, 9.17) is 0 Å². The Balaban J connectivity index is 1.92. The average molecular weight is 330 g/mol. The van der Waals surface area contributed by atoms with Crippen molar-refractivity contribution in [2.24, 2.45) is 0 Å². The van der Waals surface area contributed by atoms with Crippen LogP contribution in [0.3, 0.4) is 0 Å². The third-order valence-corrected chi connectivity index (χ3v) is 4.73. The van der Waals surface area contributed by atoms with Crippen molar-refractivity contribution in [3.05, 3.63) is 46.9 Å². The lowest BCUT2D eigenvalue weighted by molar-refractivity contribution is -0.116. The Labute approximate surface area is 137 Å². The zero-order valence-corrected chi connectivity index (χ0v) is 13.4. The first-order valence-corrected chi connectivity index (χ1v) is 8.69. The van der Waals surface area contributed by atoms with Gasteiger partial charge in [0, 0.05) is 17.7 Å². The number of fused-ring (bicyclic) bond motifs is 1. The van der Waals surface area contributed by atoms with E-state index in [-0.39, 0.29) is 11.6 Å². The summed E-state index contributed by atoms with van der Waals surface area (Å²) >= 11 is 1.44. The van der Waals surface area contributed by atoms with Gasteiger partial charge in [0.2, 0.25) is 11.1 Å². The first-order chi connectivity index (χ1) is 11.2. The Bertz CT molecular complexity index is 829. The lowest BCUT2D eigenvalue weighted by Crippen LogP contribution is -2.31. The number of nitrogens with zero attached hydrogens (tertiary/aromatic N) is 3. The van der Waals surface area contributed by atoms with Crippen LogP contribution < -0.4 is 5.32 Å². The smallest absolute Gasteiger partial charge is 0.227 e. The van der Waals surface area contributed by atoms with Crippen LogP contribution in [-0.2, 0) is 4.79 Å². The van der Waals surface area contributed by atoms with E-state index in [0.717, 1.165) is 18.5 Å². The molecule has 0 radical (unpaired) electrons. The Hall–Kier alpha value is -2.15. The molecule has 0 spiro atoms. The molecule has 1 N–H and O–H groups in total. The minimum atomic E-state index is -0.418. The van der Waals surface area contributed by atoms with Crippen molar-refractivity contribution in [3.63, 3.8) is 0 Å². The number of carbonyl (C=O) groups excluding carboxylic acids is 1. The fraction of sp³-hybridized carbons (Fsp3) is 0.312. The topological polar surface area (TPSA) is 59.8 Å². The maximum Gasteiger partial charge on any atom is 0.227 e. The van der Waals surface area contributed by atoms with Crippen molar-refractivity contribution in [1.29, 1.82) is 0 Å². The fourth-order valence-electron chi connectivity index (χ4n) is 3.21. The number of ketones is 1. The molecule has 118 valence electrons. The van der Waals surface area contributed by atoms with Gasteiger partial charge in [0.1, 0.15) is 11.9 Å². The molecule has 1 aliphatic heterocycles. The highest BCUT2D eigenvalue weighted by Crippen LogP contribution is 2.40. The van der Waals surface area contributed by atoms with Gasteiger partial charge in [-0.1, -0.05) is 23.9 Å². The second kappa shape index (κ2) is 5.49. The van der Waals surface area contributed by atoms with Gasteiger partial charge in [-0.2, -0.15) is 4.98 Å². The van der Waals surface area contributed by atoms with Crippen molar-refractivity contribution in [2.75, 3.05) is 11.6 Å². The Kier molecular flexibility index (Phi) is 3.45. The van der Waals surface area contributed by atoms with Crippen LogP contribution in [0.5, 0.6) is 0 Å². The number of benzene rings is 1. The number of halogens is 1. The van der Waals surface area contributed by atoms with E-state index in [0.29, 0.717) is 28.7 Å². The van der Waals surface area contributed by atoms with E-state index < -0.39 is 6.04 Å². The number of aromatic nitrogens is 3. The molecule has 0 bridgehead atoms. The largest absolute Gasteiger partial charge is 0.328 e. The van der Waals surface area contributed by atoms with Gasteiger partial charge in [0.15, 0.2) is 5.78 Å². The van der Waals surface area contributed by atoms with Crippen LogP contribution in [0.25, 0.3) is 0 Å². The van der Waals surface area contributed by atoms with Crippen molar-refractivity contribution < 1.29 is 9.18 Å². The average Bonchev–Trinajstić information content (AvgIpc) is 2.96. The fourth-order valence-corrected chi connectivity index (χ4v) is 3.56. The van der Waals surface area contributed by atoms with Gasteiger partial charge >= 0.3 is 0 Å². The normalized spacial score (nSPS) is 20.1. The van der Waals surface area contributed by atoms with Gasteiger partial charge in [-0.15, -0.1) is 5.10 Å². The number of anilines is 1. The number of hydrogen-bond donors (Lipinski definition) is 1. The molecule has 1 aromatic carbocycles. The monoisotopic (exact) mass is 330 g/mol.